The molecule has 0 radical (unpaired) electrons. The number of fused-ring (bicyclic) bond motifs is 1. The summed E-state index contributed by atoms with van der Waals surface area (Å²) >= 11 is 0. The van der Waals surface area contributed by atoms with E-state index in [1.807, 2.05) is 6.92 Å². The van der Waals surface area contributed by atoms with Gasteiger partial charge in [-0.1, -0.05) is 19.4 Å². The van der Waals surface area contributed by atoms with Crippen molar-refractivity contribution in [3.05, 3.63) is 36.3 Å². The fraction of sp³-hybridized carbons (Fsp3) is 0.286. The Balaban J connectivity index is 2.38. The molecule has 0 saturated heterocycles. The first kappa shape index (κ1) is 13.3. The lowest BCUT2D eigenvalue weighted by molar-refractivity contribution is -0.138. The molecule has 1 aromatic heterocycles. The maximum atomic E-state index is 13.3. The van der Waals surface area contributed by atoms with Gasteiger partial charge in [0, 0.05) is 11.6 Å². The summed E-state index contributed by atoms with van der Waals surface area (Å²) in [5.41, 5.74) is 0. The van der Waals surface area contributed by atoms with Gasteiger partial charge in [0.25, 0.3) is 0 Å². The topological polar surface area (TPSA) is 62.2 Å². The largest absolute Gasteiger partial charge is 0.480 e. The molecule has 5 heteroatoms. The number of halogens is 1. The predicted octanol–water partition coefficient (Wildman–Crippen LogP) is 3.04. The first-order valence-electron chi connectivity index (χ1n) is 6.15. The summed E-state index contributed by atoms with van der Waals surface area (Å²) in [4.78, 5) is 15.2. The molecule has 100 valence electrons. The van der Waals surface area contributed by atoms with E-state index in [4.69, 9.17) is 5.11 Å². The van der Waals surface area contributed by atoms with Crippen molar-refractivity contribution in [3.8, 4) is 0 Å². The van der Waals surface area contributed by atoms with E-state index in [0.29, 0.717) is 17.6 Å². The molecule has 0 saturated carbocycles. The van der Waals surface area contributed by atoms with Crippen LogP contribution in [0.5, 0.6) is 0 Å². The number of hydrogen-bond acceptors (Lipinski definition) is 3. The van der Waals surface area contributed by atoms with Gasteiger partial charge in [0.05, 0.1) is 0 Å². The van der Waals surface area contributed by atoms with E-state index in [9.17, 15) is 9.18 Å². The summed E-state index contributed by atoms with van der Waals surface area (Å²) in [5.74, 6) is -0.902. The van der Waals surface area contributed by atoms with Crippen molar-refractivity contribution in [2.24, 2.45) is 0 Å². The number of hydrogen-bond donors (Lipinski definition) is 2. The molecule has 1 unspecified atom stereocenters. The summed E-state index contributed by atoms with van der Waals surface area (Å²) in [5, 5.41) is 13.4. The van der Waals surface area contributed by atoms with Gasteiger partial charge in [-0.15, -0.1) is 0 Å². The Morgan fingerprint density at radius 1 is 1.47 bits per heavy atom. The number of carbonyl (C=O) groups is 1. The molecule has 1 aromatic carbocycles. The lowest BCUT2D eigenvalue weighted by Crippen LogP contribution is -2.29. The highest BCUT2D eigenvalue weighted by atomic mass is 19.1. The summed E-state index contributed by atoms with van der Waals surface area (Å²) in [6.07, 6.45) is 2.80. The summed E-state index contributed by atoms with van der Waals surface area (Å²) in [6.45, 7) is 1.91. The van der Waals surface area contributed by atoms with Crippen LogP contribution in [-0.2, 0) is 4.79 Å². The van der Waals surface area contributed by atoms with Crippen molar-refractivity contribution in [1.82, 2.24) is 4.98 Å². The minimum atomic E-state index is -0.933. The van der Waals surface area contributed by atoms with Gasteiger partial charge >= 0.3 is 5.97 Å². The Kier molecular flexibility index (Phi) is 3.94. The van der Waals surface area contributed by atoms with Crippen LogP contribution in [0.1, 0.15) is 19.8 Å². The maximum absolute atomic E-state index is 13.3. The summed E-state index contributed by atoms with van der Waals surface area (Å²) in [7, 11) is 0. The van der Waals surface area contributed by atoms with E-state index >= 15 is 0 Å². The number of carboxylic acids is 1. The Bertz CT molecular complexity index is 601. The van der Waals surface area contributed by atoms with Gasteiger partial charge in [-0.25, -0.2) is 14.2 Å². The zero-order valence-corrected chi connectivity index (χ0v) is 10.6. The summed E-state index contributed by atoms with van der Waals surface area (Å²) in [6, 6.07) is 5.41. The molecule has 19 heavy (non-hydrogen) atoms. The average Bonchev–Trinajstić information content (AvgIpc) is 2.38. The van der Waals surface area contributed by atoms with Gasteiger partial charge in [-0.3, -0.25) is 0 Å². The smallest absolute Gasteiger partial charge is 0.326 e. The highest BCUT2D eigenvalue weighted by Gasteiger charge is 2.17. The molecular formula is C14H15FN2O2. The van der Waals surface area contributed by atoms with Crippen LogP contribution in [0.3, 0.4) is 0 Å². The van der Waals surface area contributed by atoms with Gasteiger partial charge in [0.1, 0.15) is 17.7 Å². The van der Waals surface area contributed by atoms with E-state index in [2.05, 4.69) is 10.3 Å². The van der Waals surface area contributed by atoms with E-state index in [-0.39, 0.29) is 5.82 Å². The van der Waals surface area contributed by atoms with Crippen LogP contribution >= 0.6 is 0 Å². The standard InChI is InChI=1S/C14H15FN2O2/c1-2-3-12(14(18)19)17-13-11-8-10(15)5-4-9(11)6-7-16-13/h4-8,12H,2-3H2,1H3,(H,16,17)(H,18,19). The number of carboxylic acid groups (broad SMARTS) is 1. The van der Waals surface area contributed by atoms with E-state index < -0.39 is 12.0 Å². The third kappa shape index (κ3) is 2.99. The van der Waals surface area contributed by atoms with Crippen molar-refractivity contribution < 1.29 is 14.3 Å². The number of nitrogens with one attached hydrogen (secondary N) is 1. The number of aromatic nitrogens is 1. The molecule has 0 fully saturated rings. The highest BCUT2D eigenvalue weighted by molar-refractivity contribution is 5.93. The Morgan fingerprint density at radius 3 is 2.95 bits per heavy atom. The molecule has 1 atom stereocenters. The molecule has 2 N–H and O–H groups in total. The molecule has 0 bridgehead atoms. The van der Waals surface area contributed by atoms with E-state index in [0.717, 1.165) is 11.8 Å². The van der Waals surface area contributed by atoms with Crippen LogP contribution < -0.4 is 5.32 Å². The Labute approximate surface area is 110 Å². The number of aliphatic carboxylic acids is 1. The molecule has 0 amide bonds. The molecule has 0 aliphatic heterocycles. The lowest BCUT2D eigenvalue weighted by Gasteiger charge is -2.15. The number of rotatable bonds is 5. The highest BCUT2D eigenvalue weighted by Crippen LogP contribution is 2.23. The van der Waals surface area contributed by atoms with Crippen molar-refractivity contribution in [1.29, 1.82) is 0 Å². The van der Waals surface area contributed by atoms with Crippen LogP contribution in [0.2, 0.25) is 0 Å². The van der Waals surface area contributed by atoms with Gasteiger partial charge in [0.15, 0.2) is 0 Å². The first-order chi connectivity index (χ1) is 9.11. The number of anilines is 1. The van der Waals surface area contributed by atoms with Crippen LogP contribution in [-0.4, -0.2) is 22.1 Å². The first-order valence-corrected chi connectivity index (χ1v) is 6.15. The van der Waals surface area contributed by atoms with Crippen LogP contribution in [0.25, 0.3) is 10.8 Å². The maximum Gasteiger partial charge on any atom is 0.326 e. The fourth-order valence-corrected chi connectivity index (χ4v) is 1.97. The van der Waals surface area contributed by atoms with Gasteiger partial charge < -0.3 is 10.4 Å². The molecular weight excluding hydrogens is 247 g/mol. The molecule has 0 spiro atoms. The number of pyridine rings is 1. The summed E-state index contributed by atoms with van der Waals surface area (Å²) < 4.78 is 13.3. The monoisotopic (exact) mass is 262 g/mol. The normalized spacial score (nSPS) is 12.3. The third-order valence-corrected chi connectivity index (χ3v) is 2.91. The Morgan fingerprint density at radius 2 is 2.26 bits per heavy atom. The second-order valence-electron chi connectivity index (χ2n) is 4.35. The molecule has 0 aliphatic carbocycles. The SMILES string of the molecule is CCCC(Nc1nccc2ccc(F)cc12)C(=O)O. The molecule has 2 rings (SSSR count). The molecule has 4 nitrogen and oxygen atoms in total. The predicted molar refractivity (Wildman–Crippen MR) is 71.7 cm³/mol. The second kappa shape index (κ2) is 5.65. The average molecular weight is 262 g/mol. The third-order valence-electron chi connectivity index (χ3n) is 2.91. The zero-order chi connectivity index (χ0) is 13.8. The molecule has 2 aromatic rings. The van der Waals surface area contributed by atoms with Crippen molar-refractivity contribution in [2.75, 3.05) is 5.32 Å². The quantitative estimate of drug-likeness (QED) is 0.869. The second-order valence-corrected chi connectivity index (χ2v) is 4.35. The van der Waals surface area contributed by atoms with E-state index in [1.54, 1.807) is 18.3 Å². The van der Waals surface area contributed by atoms with Crippen molar-refractivity contribution in [3.63, 3.8) is 0 Å². The number of benzene rings is 1. The minimum absolute atomic E-state index is 0.370. The van der Waals surface area contributed by atoms with Crippen molar-refractivity contribution >= 4 is 22.6 Å². The fourth-order valence-electron chi connectivity index (χ4n) is 1.97. The zero-order valence-electron chi connectivity index (χ0n) is 10.6. The van der Waals surface area contributed by atoms with Crippen molar-refractivity contribution in [2.45, 2.75) is 25.8 Å². The lowest BCUT2D eigenvalue weighted by atomic mass is 10.1. The molecule has 1 heterocycles. The number of nitrogens with zero attached hydrogens (tertiary/aromatic N) is 1. The minimum Gasteiger partial charge on any atom is -0.480 e. The van der Waals surface area contributed by atoms with Gasteiger partial charge in [-0.2, -0.15) is 0 Å². The van der Waals surface area contributed by atoms with Crippen LogP contribution in [0.15, 0.2) is 30.5 Å². The van der Waals surface area contributed by atoms with Gasteiger partial charge in [0.2, 0.25) is 0 Å². The van der Waals surface area contributed by atoms with Crippen LogP contribution in [0, 0.1) is 5.82 Å². The van der Waals surface area contributed by atoms with E-state index in [1.165, 1.54) is 12.1 Å². The van der Waals surface area contributed by atoms with Crippen LogP contribution in [0.4, 0.5) is 10.2 Å². The Hall–Kier alpha value is -2.17. The molecule has 0 aliphatic rings. The van der Waals surface area contributed by atoms with Gasteiger partial charge in [-0.05, 0) is 30.0 Å².